The molecule has 0 bridgehead atoms. The summed E-state index contributed by atoms with van der Waals surface area (Å²) in [6.07, 6.45) is -2.37. The third-order valence-corrected chi connectivity index (χ3v) is 19.8. The van der Waals surface area contributed by atoms with Crippen LogP contribution in [0.15, 0.2) is 103 Å². The summed E-state index contributed by atoms with van der Waals surface area (Å²) in [5.41, 5.74) is 23.8. The standard InChI is InChI=1S/C82H117N23O22/c1-41(2)31-58(92-47(9)109)78(123)102-67(45(7)107)81(126)100-61(33-48-17-11-10-12-18-48)75(120)95-57(27-29-66(112)113)73(118)99-63(36-51-38-86-40-88-51)77(122)97-60(34-49-22-24-52(110)25-23-49)76(121)98-62(35-50-37-87-54-20-14-13-19-53(50)54)74(119)90-44(6)71(116)94-56(26-28-65(83)111)72(117)96-59(32-42(3)4)79(124)103-68(46(8)108)82(127)101-64(39-106)80(125)91-43(5)70(115)93-55(69(84)114)21-15-16-30-89-105-104-85/h10-14,17-20,22-25,37-38,40-46,55-64,67-68,87,89,106-108,110H,15-16,21,26-36,39H2,1-9H3,(H2,83,111)(H2,84,114)(H,86,88)(H,90,119)(H,91,125)(H,92,109)(H,93,115)(H,94,116)(H,95,120)(H,96,117)(H,97,122)(H,98,121)(H,99,118)(H,100,126)(H,101,127)(H,102,123)(H,103,124)(H,112,113)/t43-,44-,45+,46+,55-,56-,57-,58-,59-,60-,61-,62-,63-,64-,67-,68-/m0/s1. The van der Waals surface area contributed by atoms with Gasteiger partial charge in [0.05, 0.1) is 37.4 Å². The molecule has 692 valence electrons. The number of H-pyrrole nitrogens is 2. The fraction of sp³-hybridized carbons (Fsp3) is 0.512. The van der Waals surface area contributed by atoms with Gasteiger partial charge in [0.2, 0.25) is 94.5 Å². The van der Waals surface area contributed by atoms with Crippen molar-refractivity contribution in [3.8, 4) is 5.75 Å². The van der Waals surface area contributed by atoms with Crippen molar-refractivity contribution in [2.75, 3.05) is 13.2 Å². The van der Waals surface area contributed by atoms with Crippen molar-refractivity contribution in [1.29, 1.82) is 0 Å². The number of nitrogens with one attached hydrogen (secondary N) is 17. The van der Waals surface area contributed by atoms with Crippen LogP contribution in [-0.2, 0) is 107 Å². The first kappa shape index (κ1) is 104. The van der Waals surface area contributed by atoms with E-state index in [9.17, 15) is 92.7 Å². The summed E-state index contributed by atoms with van der Waals surface area (Å²) in [6.45, 7) is 11.9. The highest BCUT2D eigenvalue weighted by Gasteiger charge is 2.40. The number of phenols is 1. The van der Waals surface area contributed by atoms with Gasteiger partial charge in [-0.1, -0.05) is 88.4 Å². The number of hydrogen-bond donors (Lipinski definition) is 24. The molecule has 16 amide bonds. The number of hydrogen-bond acceptors (Lipinski definition) is 23. The summed E-state index contributed by atoms with van der Waals surface area (Å²) in [7, 11) is 0. The highest BCUT2D eigenvalue weighted by atomic mass is 16.4. The molecule has 45 heteroatoms. The highest BCUT2D eigenvalue weighted by molar-refractivity contribution is 6.01. The lowest BCUT2D eigenvalue weighted by Gasteiger charge is -2.29. The van der Waals surface area contributed by atoms with Crippen molar-refractivity contribution in [1.82, 2.24) is 94.8 Å². The molecule has 3 aromatic carbocycles. The number of carbonyl (C=O) groups is 17. The quantitative estimate of drug-likeness (QED) is 0.00583. The summed E-state index contributed by atoms with van der Waals surface area (Å²) in [4.78, 5) is 248. The Morgan fingerprint density at radius 3 is 1.36 bits per heavy atom. The topological polar surface area (TPSA) is 717 Å². The van der Waals surface area contributed by atoms with E-state index in [1.54, 1.807) is 88.5 Å². The number of aromatic hydroxyl groups is 1. The monoisotopic (exact) mass is 1780 g/mol. The second-order valence-electron chi connectivity index (χ2n) is 31.5. The number of rotatable bonds is 55. The van der Waals surface area contributed by atoms with Gasteiger partial charge in [-0.3, -0.25) is 86.9 Å². The second-order valence-corrected chi connectivity index (χ2v) is 31.5. The Bertz CT molecular complexity index is 4640. The Balaban J connectivity index is 1.41. The number of aliphatic hydroxyl groups excluding tert-OH is 3. The summed E-state index contributed by atoms with van der Waals surface area (Å²) in [5.74, 6) is -18.5. The van der Waals surface area contributed by atoms with Gasteiger partial charge in [-0.25, -0.2) is 4.98 Å². The minimum Gasteiger partial charge on any atom is -0.508 e. The average molecular weight is 1780 g/mol. The number of aromatic amines is 2. The number of nitrogens with zero attached hydrogens (tertiary/aromatic N) is 4. The molecule has 0 unspecified atom stereocenters. The van der Waals surface area contributed by atoms with Gasteiger partial charge in [-0.15, -0.1) is 5.53 Å². The van der Waals surface area contributed by atoms with E-state index in [4.69, 9.17) is 17.0 Å². The molecule has 0 saturated heterocycles. The Morgan fingerprint density at radius 2 is 0.882 bits per heavy atom. The molecule has 0 aliphatic carbocycles. The van der Waals surface area contributed by atoms with Crippen molar-refractivity contribution in [2.24, 2.45) is 28.5 Å². The molecule has 5 aromatic rings. The summed E-state index contributed by atoms with van der Waals surface area (Å²) < 4.78 is 0. The van der Waals surface area contributed by atoms with Gasteiger partial charge >= 0.3 is 5.97 Å². The molecule has 0 aliphatic heterocycles. The number of unbranched alkanes of at least 4 members (excludes halogenated alkanes) is 1. The van der Waals surface area contributed by atoms with Gasteiger partial charge in [0.15, 0.2) is 0 Å². The molecule has 16 atom stereocenters. The minimum absolute atomic E-state index is 0.0639. The smallest absolute Gasteiger partial charge is 0.303 e. The molecular formula is C82H117N23O22. The van der Waals surface area contributed by atoms with Crippen LogP contribution in [0, 0.1) is 11.8 Å². The van der Waals surface area contributed by atoms with Crippen LogP contribution < -0.4 is 91.3 Å². The number of fused-ring (bicyclic) bond motifs is 1. The molecule has 5 rings (SSSR count). The normalized spacial score (nSPS) is 14.9. The number of carbonyl (C=O) groups excluding carboxylic acids is 16. The molecule has 2 heterocycles. The van der Waals surface area contributed by atoms with E-state index in [2.05, 4.69) is 105 Å². The zero-order valence-corrected chi connectivity index (χ0v) is 71.9. The number of para-hydroxylation sites is 1. The zero-order chi connectivity index (χ0) is 94.3. The van der Waals surface area contributed by atoms with Gasteiger partial charge in [-0.05, 0) is 125 Å². The lowest BCUT2D eigenvalue weighted by molar-refractivity contribution is -0.139. The number of aromatic nitrogens is 3. The molecule has 45 nitrogen and oxygen atoms in total. The number of phenolic OH excluding ortho intramolecular Hbond substituents is 1. The number of carboxylic acid groups (broad SMARTS) is 1. The highest BCUT2D eigenvalue weighted by Crippen LogP contribution is 2.21. The Kier molecular flexibility index (Phi) is 42.5. The molecule has 0 radical (unpaired) electrons. The Labute approximate surface area is 730 Å². The van der Waals surface area contributed by atoms with E-state index >= 15 is 14.4 Å². The number of nitrogens with two attached hydrogens (primary N) is 2. The number of azide groups is 1. The average Bonchev–Trinajstić information content (AvgIpc) is 1.69. The van der Waals surface area contributed by atoms with Crippen molar-refractivity contribution in [2.45, 2.75) is 243 Å². The number of benzene rings is 3. The van der Waals surface area contributed by atoms with Crippen LogP contribution in [0.5, 0.6) is 5.75 Å². The van der Waals surface area contributed by atoms with Crippen molar-refractivity contribution < 1.29 is 107 Å². The first-order valence-corrected chi connectivity index (χ1v) is 41.2. The fourth-order valence-electron chi connectivity index (χ4n) is 13.1. The molecule has 0 saturated carbocycles. The largest absolute Gasteiger partial charge is 0.508 e. The van der Waals surface area contributed by atoms with E-state index in [0.29, 0.717) is 40.4 Å². The zero-order valence-electron chi connectivity index (χ0n) is 71.9. The lowest BCUT2D eigenvalue weighted by atomic mass is 10.0. The van der Waals surface area contributed by atoms with Gasteiger partial charge in [0, 0.05) is 68.7 Å². The molecule has 0 aliphatic rings. The van der Waals surface area contributed by atoms with Crippen molar-refractivity contribution in [3.05, 3.63) is 130 Å². The van der Waals surface area contributed by atoms with Gasteiger partial charge in [0.1, 0.15) is 90.3 Å². The van der Waals surface area contributed by atoms with Crippen LogP contribution in [0.25, 0.3) is 21.3 Å². The maximum Gasteiger partial charge on any atom is 0.303 e. The lowest BCUT2D eigenvalue weighted by Crippen LogP contribution is -2.62. The molecular weight excluding hydrogens is 1660 g/mol. The number of aliphatic hydroxyl groups is 3. The summed E-state index contributed by atoms with van der Waals surface area (Å²) >= 11 is 0. The summed E-state index contributed by atoms with van der Waals surface area (Å²) in [6, 6.07) is -2.37. The van der Waals surface area contributed by atoms with Crippen LogP contribution in [0.2, 0.25) is 0 Å². The van der Waals surface area contributed by atoms with Crippen LogP contribution in [0.4, 0.5) is 0 Å². The maximum atomic E-state index is 15.3. The fourth-order valence-corrected chi connectivity index (χ4v) is 13.1. The van der Waals surface area contributed by atoms with E-state index < -0.39 is 248 Å². The third kappa shape index (κ3) is 35.8. The van der Waals surface area contributed by atoms with Crippen LogP contribution in [0.1, 0.15) is 142 Å². The molecule has 26 N–H and O–H groups in total. The predicted molar refractivity (Wildman–Crippen MR) is 455 cm³/mol. The molecule has 2 aromatic heterocycles. The van der Waals surface area contributed by atoms with Gasteiger partial charge < -0.3 is 121 Å². The van der Waals surface area contributed by atoms with E-state index in [-0.39, 0.29) is 56.0 Å². The van der Waals surface area contributed by atoms with E-state index in [0.717, 1.165) is 6.92 Å². The molecule has 0 fully saturated rings. The van der Waals surface area contributed by atoms with Crippen molar-refractivity contribution >= 4 is 111 Å². The maximum absolute atomic E-state index is 15.3. The number of amides is 16. The van der Waals surface area contributed by atoms with E-state index in [1.807, 2.05) is 0 Å². The first-order valence-electron chi connectivity index (χ1n) is 41.2. The molecule has 0 spiro atoms. The van der Waals surface area contributed by atoms with Gasteiger partial charge in [-0.2, -0.15) is 4.91 Å². The van der Waals surface area contributed by atoms with Crippen LogP contribution in [-0.4, -0.2) is 251 Å². The number of aliphatic carboxylic acids is 1. The number of carboxylic acids is 1. The predicted octanol–water partition coefficient (Wildman–Crippen LogP) is -3.84. The number of primary amides is 2. The Hall–Kier alpha value is -13.8. The second kappa shape index (κ2) is 52.1. The van der Waals surface area contributed by atoms with Crippen molar-refractivity contribution in [3.63, 3.8) is 0 Å². The number of imidazole rings is 1. The SMILES string of the molecule is CC(=O)N[C@@H](CC(C)C)C(=O)N[C@H](C(=O)N[C@@H](Cc1ccccc1)C(=O)N[C@@H](CCC(=O)O)C(=O)N[C@@H](Cc1c[nH]cn1)C(=O)N[C@@H](Cc1ccc(O)cc1)C(=O)N[C@@H](Cc1c[nH]c2ccccc12)C(=O)N[C@@H](C)C(=O)N[C@@H](CCC(N)=O)C(=O)N[C@@H](CC(C)C)C(=O)N[C@H](C(=O)N[C@@H](CO)C(=O)N[C@@H](C)C(=O)N[C@@H](CCCCNN=[N+]=[N-])C(N)=O)[C@@H](C)O)[C@@H](C)O. The Morgan fingerprint density at radius 1 is 0.457 bits per heavy atom. The van der Waals surface area contributed by atoms with E-state index in [1.165, 1.54) is 64.5 Å². The van der Waals surface area contributed by atoms with Crippen LogP contribution >= 0.6 is 0 Å². The summed E-state index contributed by atoms with van der Waals surface area (Å²) in [5, 5.41) is 90.6. The minimum atomic E-state index is -1.91. The third-order valence-electron chi connectivity index (χ3n) is 19.8. The first-order chi connectivity index (χ1) is 60.1. The molecule has 127 heavy (non-hydrogen) atoms. The van der Waals surface area contributed by atoms with Gasteiger partial charge in [0.25, 0.3) is 0 Å². The van der Waals surface area contributed by atoms with Crippen LogP contribution in [0.3, 0.4) is 0 Å².